The lowest BCUT2D eigenvalue weighted by Crippen LogP contribution is -1.87. The molecule has 0 saturated heterocycles. The highest BCUT2D eigenvalue weighted by Crippen LogP contribution is 2.26. The molecule has 1 aromatic carbocycles. The van der Waals surface area contributed by atoms with Crippen LogP contribution in [0.4, 0.5) is 4.39 Å². The first kappa shape index (κ1) is 9.55. The van der Waals surface area contributed by atoms with E-state index in [1.807, 2.05) is 0 Å². The Kier molecular flexibility index (Phi) is 3.12. The van der Waals surface area contributed by atoms with Crippen molar-refractivity contribution in [1.82, 2.24) is 0 Å². The molecule has 1 nitrogen and oxygen atoms in total. The van der Waals surface area contributed by atoms with Crippen molar-refractivity contribution in [2.24, 2.45) is 0 Å². The van der Waals surface area contributed by atoms with Crippen LogP contribution >= 0.6 is 23.4 Å². The van der Waals surface area contributed by atoms with Crippen LogP contribution in [0.5, 0.6) is 0 Å². The maximum atomic E-state index is 13.0. The van der Waals surface area contributed by atoms with Gasteiger partial charge in [0.1, 0.15) is 6.29 Å². The highest BCUT2D eigenvalue weighted by molar-refractivity contribution is 7.98. The summed E-state index contributed by atoms with van der Waals surface area (Å²) in [7, 11) is 0. The van der Waals surface area contributed by atoms with Crippen LogP contribution in [0.2, 0.25) is 5.02 Å². The number of aldehydes is 1. The summed E-state index contributed by atoms with van der Waals surface area (Å²) in [6, 6.07) is 2.78. The molecular weight excluding hydrogens is 199 g/mol. The normalized spacial score (nSPS) is 9.92. The summed E-state index contributed by atoms with van der Waals surface area (Å²) in [6.07, 6.45) is 2.37. The summed E-state index contributed by atoms with van der Waals surface area (Å²) >= 11 is 6.75. The van der Waals surface area contributed by atoms with E-state index < -0.39 is 5.82 Å². The molecule has 0 atom stereocenters. The molecule has 0 bridgehead atoms. The van der Waals surface area contributed by atoms with Gasteiger partial charge in [0.2, 0.25) is 0 Å². The number of hydrogen-bond acceptors (Lipinski definition) is 2. The van der Waals surface area contributed by atoms with Crippen molar-refractivity contribution in [3.8, 4) is 0 Å². The molecule has 0 fully saturated rings. The lowest BCUT2D eigenvalue weighted by Gasteiger charge is -2.01. The van der Waals surface area contributed by atoms with E-state index in [0.717, 1.165) is 0 Å². The fourth-order valence-electron chi connectivity index (χ4n) is 0.800. The minimum absolute atomic E-state index is 0.0102. The number of benzene rings is 1. The van der Waals surface area contributed by atoms with Gasteiger partial charge in [-0.3, -0.25) is 4.79 Å². The largest absolute Gasteiger partial charge is 0.298 e. The van der Waals surface area contributed by atoms with Gasteiger partial charge < -0.3 is 0 Å². The SMILES string of the molecule is CSc1cc(C=O)cc(Cl)c1F. The number of carbonyl (C=O) groups is 1. The number of hydrogen-bond donors (Lipinski definition) is 0. The molecule has 0 amide bonds. The first-order valence-electron chi connectivity index (χ1n) is 3.17. The van der Waals surface area contributed by atoms with Crippen LogP contribution in [0, 0.1) is 5.82 Å². The van der Waals surface area contributed by atoms with Gasteiger partial charge in [-0.2, -0.15) is 0 Å². The van der Waals surface area contributed by atoms with Gasteiger partial charge in [-0.05, 0) is 18.4 Å². The Morgan fingerprint density at radius 1 is 1.58 bits per heavy atom. The summed E-state index contributed by atoms with van der Waals surface area (Å²) in [5, 5.41) is -0.0102. The summed E-state index contributed by atoms with van der Waals surface area (Å²) in [6.45, 7) is 0. The molecule has 0 spiro atoms. The van der Waals surface area contributed by atoms with Gasteiger partial charge in [0.05, 0.1) is 5.02 Å². The van der Waals surface area contributed by atoms with Crippen LogP contribution < -0.4 is 0 Å². The van der Waals surface area contributed by atoms with E-state index in [-0.39, 0.29) is 5.02 Å². The number of rotatable bonds is 2. The maximum Gasteiger partial charge on any atom is 0.155 e. The van der Waals surface area contributed by atoms with E-state index in [4.69, 9.17) is 11.6 Å². The van der Waals surface area contributed by atoms with E-state index in [1.54, 1.807) is 6.26 Å². The van der Waals surface area contributed by atoms with Crippen LogP contribution in [-0.2, 0) is 0 Å². The zero-order valence-electron chi connectivity index (χ0n) is 6.30. The van der Waals surface area contributed by atoms with E-state index >= 15 is 0 Å². The molecule has 0 aromatic heterocycles. The summed E-state index contributed by atoms with van der Waals surface area (Å²) in [5.41, 5.74) is 0.394. The number of thioether (sulfide) groups is 1. The van der Waals surface area contributed by atoms with Crippen LogP contribution in [0.25, 0.3) is 0 Å². The van der Waals surface area contributed by atoms with Crippen LogP contribution in [0.15, 0.2) is 17.0 Å². The van der Waals surface area contributed by atoms with Crippen molar-refractivity contribution >= 4 is 29.6 Å². The van der Waals surface area contributed by atoms with Crippen LogP contribution in [0.1, 0.15) is 10.4 Å². The fraction of sp³-hybridized carbons (Fsp3) is 0.125. The standard InChI is InChI=1S/C8H6ClFOS/c1-12-7-3-5(4-11)2-6(9)8(7)10/h2-4H,1H3. The third kappa shape index (κ3) is 1.79. The van der Waals surface area contributed by atoms with Gasteiger partial charge in [0, 0.05) is 10.5 Å². The smallest absolute Gasteiger partial charge is 0.155 e. The minimum atomic E-state index is -0.463. The average molecular weight is 205 g/mol. The van der Waals surface area contributed by atoms with Crippen LogP contribution in [0.3, 0.4) is 0 Å². The molecule has 0 radical (unpaired) electrons. The van der Waals surface area contributed by atoms with E-state index in [2.05, 4.69) is 0 Å². The maximum absolute atomic E-state index is 13.0. The van der Waals surface area contributed by atoms with Crippen molar-refractivity contribution < 1.29 is 9.18 Å². The molecule has 0 heterocycles. The van der Waals surface area contributed by atoms with Gasteiger partial charge in [-0.25, -0.2) is 4.39 Å². The predicted octanol–water partition coefficient (Wildman–Crippen LogP) is 3.01. The van der Waals surface area contributed by atoms with Crippen molar-refractivity contribution in [3.05, 3.63) is 28.5 Å². The molecule has 0 N–H and O–H groups in total. The Balaban J connectivity index is 3.28. The molecule has 64 valence electrons. The summed E-state index contributed by atoms with van der Waals surface area (Å²) in [5.74, 6) is -0.463. The Morgan fingerprint density at radius 3 is 2.75 bits per heavy atom. The monoisotopic (exact) mass is 204 g/mol. The molecule has 0 aliphatic heterocycles. The summed E-state index contributed by atoms with van der Waals surface area (Å²) in [4.78, 5) is 10.7. The Morgan fingerprint density at radius 2 is 2.25 bits per heavy atom. The molecule has 0 saturated carbocycles. The van der Waals surface area contributed by atoms with Gasteiger partial charge in [-0.1, -0.05) is 11.6 Å². The lowest BCUT2D eigenvalue weighted by atomic mass is 10.2. The molecule has 12 heavy (non-hydrogen) atoms. The van der Waals surface area contributed by atoms with Gasteiger partial charge in [-0.15, -0.1) is 11.8 Å². The van der Waals surface area contributed by atoms with Crippen LogP contribution in [-0.4, -0.2) is 12.5 Å². The zero-order valence-corrected chi connectivity index (χ0v) is 7.88. The van der Waals surface area contributed by atoms with Gasteiger partial charge in [0.15, 0.2) is 5.82 Å². The molecule has 0 aliphatic carbocycles. The predicted molar refractivity (Wildman–Crippen MR) is 48.6 cm³/mol. The molecule has 1 rings (SSSR count). The lowest BCUT2D eigenvalue weighted by molar-refractivity contribution is 0.112. The molecule has 0 aliphatic rings. The topological polar surface area (TPSA) is 17.1 Å². The third-order valence-corrected chi connectivity index (χ3v) is 2.39. The number of halogens is 2. The van der Waals surface area contributed by atoms with Crippen molar-refractivity contribution in [1.29, 1.82) is 0 Å². The van der Waals surface area contributed by atoms with Gasteiger partial charge >= 0.3 is 0 Å². The Labute approximate surface area is 78.9 Å². The molecular formula is C8H6ClFOS. The van der Waals surface area contributed by atoms with Gasteiger partial charge in [0.25, 0.3) is 0 Å². The average Bonchev–Trinajstić information content (AvgIpc) is 2.09. The second kappa shape index (κ2) is 3.92. The summed E-state index contributed by atoms with van der Waals surface area (Å²) < 4.78 is 13.0. The highest BCUT2D eigenvalue weighted by atomic mass is 35.5. The van der Waals surface area contributed by atoms with E-state index in [1.165, 1.54) is 23.9 Å². The molecule has 4 heteroatoms. The number of carbonyl (C=O) groups excluding carboxylic acids is 1. The third-order valence-electron chi connectivity index (χ3n) is 1.37. The highest BCUT2D eigenvalue weighted by Gasteiger charge is 2.07. The van der Waals surface area contributed by atoms with Crippen molar-refractivity contribution in [3.63, 3.8) is 0 Å². The minimum Gasteiger partial charge on any atom is -0.298 e. The zero-order chi connectivity index (χ0) is 9.14. The Hall–Kier alpha value is -0.540. The van der Waals surface area contributed by atoms with Crippen molar-refractivity contribution in [2.75, 3.05) is 6.26 Å². The molecule has 0 unspecified atom stereocenters. The van der Waals surface area contributed by atoms with E-state index in [9.17, 15) is 9.18 Å². The van der Waals surface area contributed by atoms with E-state index in [0.29, 0.717) is 16.7 Å². The second-order valence-corrected chi connectivity index (χ2v) is 3.39. The Bertz CT molecular complexity index is 314. The second-order valence-electron chi connectivity index (χ2n) is 2.14. The first-order valence-corrected chi connectivity index (χ1v) is 4.77. The quantitative estimate of drug-likeness (QED) is 0.544. The molecule has 1 aromatic rings. The fourth-order valence-corrected chi connectivity index (χ4v) is 1.63. The van der Waals surface area contributed by atoms with Crippen molar-refractivity contribution in [2.45, 2.75) is 4.90 Å². The first-order chi connectivity index (χ1) is 5.69.